The predicted molar refractivity (Wildman–Crippen MR) is 108 cm³/mol. The van der Waals surface area contributed by atoms with Gasteiger partial charge in [0, 0.05) is 37.9 Å². The second kappa shape index (κ2) is 10.4. The van der Waals surface area contributed by atoms with Crippen molar-refractivity contribution in [1.82, 2.24) is 15.6 Å². The molecule has 2 amide bonds. The lowest BCUT2D eigenvalue weighted by Crippen LogP contribution is -2.44. The third kappa shape index (κ3) is 6.19. The topological polar surface area (TPSA) is 92.3 Å². The summed E-state index contributed by atoms with van der Waals surface area (Å²) >= 11 is 0. The number of aromatic nitrogens is 1. The van der Waals surface area contributed by atoms with E-state index in [9.17, 15) is 9.59 Å². The molecule has 2 heterocycles. The molecule has 1 atom stereocenters. The number of pyridine rings is 1. The molecule has 1 saturated carbocycles. The molecule has 0 spiro atoms. The first-order valence-electron chi connectivity index (χ1n) is 10.5. The molecular formula is C21H32N4O3. The first kappa shape index (κ1) is 20.6. The van der Waals surface area contributed by atoms with Crippen LogP contribution in [0, 0.1) is 12.8 Å². The quantitative estimate of drug-likeness (QED) is 0.594. The van der Waals surface area contributed by atoms with E-state index in [0.717, 1.165) is 62.9 Å². The SMILES string of the molecule is Cc1ccc(NCCCNC(=O)C2CCC(NC(=O)C3CCCO3)CC2)nc1. The van der Waals surface area contributed by atoms with Crippen LogP contribution in [-0.2, 0) is 14.3 Å². The Labute approximate surface area is 167 Å². The molecule has 28 heavy (non-hydrogen) atoms. The highest BCUT2D eigenvalue weighted by Crippen LogP contribution is 2.25. The van der Waals surface area contributed by atoms with E-state index in [2.05, 4.69) is 20.9 Å². The van der Waals surface area contributed by atoms with Gasteiger partial charge in [-0.1, -0.05) is 6.07 Å². The van der Waals surface area contributed by atoms with E-state index in [0.29, 0.717) is 13.2 Å². The molecule has 154 valence electrons. The standard InChI is InChI=1S/C21H32N4O3/c1-15-5-10-19(24-14-15)22-11-3-12-23-20(26)16-6-8-17(9-7-16)25-21(27)18-4-2-13-28-18/h5,10,14,16-18H,2-4,6-9,11-13H2,1H3,(H,22,24)(H,23,26)(H,25,27). The van der Waals surface area contributed by atoms with Gasteiger partial charge in [-0.2, -0.15) is 0 Å². The Bertz CT molecular complexity index is 636. The summed E-state index contributed by atoms with van der Waals surface area (Å²) in [5.41, 5.74) is 1.14. The average molecular weight is 389 g/mol. The van der Waals surface area contributed by atoms with E-state index in [4.69, 9.17) is 4.74 Å². The van der Waals surface area contributed by atoms with E-state index >= 15 is 0 Å². The van der Waals surface area contributed by atoms with Crippen LogP contribution in [-0.4, -0.2) is 48.6 Å². The van der Waals surface area contributed by atoms with Gasteiger partial charge in [0.25, 0.3) is 0 Å². The van der Waals surface area contributed by atoms with Crippen LogP contribution in [0.5, 0.6) is 0 Å². The van der Waals surface area contributed by atoms with Gasteiger partial charge in [0.2, 0.25) is 11.8 Å². The molecule has 1 saturated heterocycles. The van der Waals surface area contributed by atoms with Crippen LogP contribution in [0.4, 0.5) is 5.82 Å². The molecule has 1 aliphatic carbocycles. The van der Waals surface area contributed by atoms with Crippen molar-refractivity contribution in [2.45, 2.75) is 64.0 Å². The number of hydrogen-bond acceptors (Lipinski definition) is 5. The molecule has 1 aliphatic heterocycles. The maximum atomic E-state index is 12.4. The van der Waals surface area contributed by atoms with Gasteiger partial charge in [-0.15, -0.1) is 0 Å². The second-order valence-corrected chi connectivity index (χ2v) is 7.85. The maximum absolute atomic E-state index is 12.4. The van der Waals surface area contributed by atoms with Crippen molar-refractivity contribution >= 4 is 17.6 Å². The van der Waals surface area contributed by atoms with Crippen LogP contribution in [0.25, 0.3) is 0 Å². The fourth-order valence-corrected chi connectivity index (χ4v) is 3.81. The fraction of sp³-hybridized carbons (Fsp3) is 0.667. The van der Waals surface area contributed by atoms with E-state index < -0.39 is 0 Å². The molecule has 0 aromatic carbocycles. The van der Waals surface area contributed by atoms with Gasteiger partial charge < -0.3 is 20.7 Å². The number of rotatable bonds is 8. The molecule has 7 nitrogen and oxygen atoms in total. The molecule has 3 rings (SSSR count). The molecule has 1 aromatic rings. The van der Waals surface area contributed by atoms with Crippen LogP contribution in [0.3, 0.4) is 0 Å². The van der Waals surface area contributed by atoms with Gasteiger partial charge >= 0.3 is 0 Å². The fourth-order valence-electron chi connectivity index (χ4n) is 3.81. The van der Waals surface area contributed by atoms with Gasteiger partial charge in [0.15, 0.2) is 0 Å². The molecule has 2 fully saturated rings. The van der Waals surface area contributed by atoms with Crippen molar-refractivity contribution in [1.29, 1.82) is 0 Å². The summed E-state index contributed by atoms with van der Waals surface area (Å²) in [6, 6.07) is 4.16. The monoisotopic (exact) mass is 388 g/mol. The lowest BCUT2D eigenvalue weighted by atomic mass is 9.85. The zero-order valence-electron chi connectivity index (χ0n) is 16.7. The normalized spacial score (nSPS) is 24.5. The minimum absolute atomic E-state index is 0.0148. The summed E-state index contributed by atoms with van der Waals surface area (Å²) in [5, 5.41) is 9.39. The van der Waals surface area contributed by atoms with Crippen LogP contribution in [0.2, 0.25) is 0 Å². The Kier molecular flexibility index (Phi) is 7.65. The number of anilines is 1. The van der Waals surface area contributed by atoms with Crippen molar-refractivity contribution < 1.29 is 14.3 Å². The van der Waals surface area contributed by atoms with E-state index in [1.807, 2.05) is 25.3 Å². The zero-order valence-corrected chi connectivity index (χ0v) is 16.7. The van der Waals surface area contributed by atoms with Crippen LogP contribution < -0.4 is 16.0 Å². The van der Waals surface area contributed by atoms with E-state index in [1.54, 1.807) is 0 Å². The lowest BCUT2D eigenvalue weighted by Gasteiger charge is -2.29. The third-order valence-electron chi connectivity index (χ3n) is 5.54. The summed E-state index contributed by atoms with van der Waals surface area (Å²) in [4.78, 5) is 28.8. The summed E-state index contributed by atoms with van der Waals surface area (Å²) < 4.78 is 5.43. The maximum Gasteiger partial charge on any atom is 0.249 e. The Balaban J connectivity index is 1.26. The van der Waals surface area contributed by atoms with Crippen molar-refractivity contribution in [2.24, 2.45) is 5.92 Å². The molecule has 2 aliphatic rings. The Morgan fingerprint density at radius 2 is 1.93 bits per heavy atom. The molecular weight excluding hydrogens is 356 g/mol. The Morgan fingerprint density at radius 1 is 1.11 bits per heavy atom. The summed E-state index contributed by atoms with van der Waals surface area (Å²) in [6.07, 6.45) is 7.57. The van der Waals surface area contributed by atoms with Gasteiger partial charge in [-0.25, -0.2) is 4.98 Å². The minimum Gasteiger partial charge on any atom is -0.370 e. The third-order valence-corrected chi connectivity index (χ3v) is 5.54. The largest absolute Gasteiger partial charge is 0.370 e. The van der Waals surface area contributed by atoms with Crippen LogP contribution in [0.1, 0.15) is 50.5 Å². The number of carbonyl (C=O) groups is 2. The van der Waals surface area contributed by atoms with E-state index in [1.165, 1.54) is 0 Å². The first-order chi connectivity index (χ1) is 13.6. The average Bonchev–Trinajstić information content (AvgIpc) is 3.24. The van der Waals surface area contributed by atoms with E-state index in [-0.39, 0.29) is 29.9 Å². The smallest absolute Gasteiger partial charge is 0.249 e. The van der Waals surface area contributed by atoms with Gasteiger partial charge in [-0.05, 0) is 63.5 Å². The second-order valence-electron chi connectivity index (χ2n) is 7.85. The Hall–Kier alpha value is -2.15. The number of aryl methyl sites for hydroxylation is 1. The minimum atomic E-state index is -0.273. The number of hydrogen-bond donors (Lipinski definition) is 3. The summed E-state index contributed by atoms with van der Waals surface area (Å²) in [5.74, 6) is 1.07. The lowest BCUT2D eigenvalue weighted by molar-refractivity contribution is -0.131. The predicted octanol–water partition coefficient (Wildman–Crippen LogP) is 2.16. The summed E-state index contributed by atoms with van der Waals surface area (Å²) in [6.45, 7) is 4.13. The highest BCUT2D eigenvalue weighted by Gasteiger charge is 2.30. The van der Waals surface area contributed by atoms with Crippen LogP contribution >= 0.6 is 0 Å². The molecule has 0 radical (unpaired) electrons. The highest BCUT2D eigenvalue weighted by atomic mass is 16.5. The van der Waals surface area contributed by atoms with Gasteiger partial charge in [-0.3, -0.25) is 9.59 Å². The molecule has 7 heteroatoms. The van der Waals surface area contributed by atoms with Crippen molar-refractivity contribution in [3.63, 3.8) is 0 Å². The zero-order chi connectivity index (χ0) is 19.8. The molecule has 3 N–H and O–H groups in total. The first-order valence-corrected chi connectivity index (χ1v) is 10.5. The van der Waals surface area contributed by atoms with Crippen molar-refractivity contribution in [2.75, 3.05) is 25.0 Å². The number of ether oxygens (including phenoxy) is 1. The number of nitrogens with one attached hydrogen (secondary N) is 3. The van der Waals surface area contributed by atoms with Crippen molar-refractivity contribution in [3.05, 3.63) is 23.9 Å². The number of amides is 2. The molecule has 1 aromatic heterocycles. The molecule has 1 unspecified atom stereocenters. The summed E-state index contributed by atoms with van der Waals surface area (Å²) in [7, 11) is 0. The van der Waals surface area contributed by atoms with Gasteiger partial charge in [0.1, 0.15) is 11.9 Å². The highest BCUT2D eigenvalue weighted by molar-refractivity contribution is 5.81. The number of nitrogens with zero attached hydrogens (tertiary/aromatic N) is 1. The van der Waals surface area contributed by atoms with Gasteiger partial charge in [0.05, 0.1) is 0 Å². The number of carbonyl (C=O) groups excluding carboxylic acids is 2. The molecule has 0 bridgehead atoms. The Morgan fingerprint density at radius 3 is 2.61 bits per heavy atom. The van der Waals surface area contributed by atoms with Crippen molar-refractivity contribution in [3.8, 4) is 0 Å². The van der Waals surface area contributed by atoms with Crippen LogP contribution in [0.15, 0.2) is 18.3 Å².